The topological polar surface area (TPSA) is 59.1 Å². The summed E-state index contributed by atoms with van der Waals surface area (Å²) in [6, 6.07) is 15.9. The van der Waals surface area contributed by atoms with Crippen LogP contribution in [0.5, 0.6) is 0 Å². The molecule has 0 saturated carbocycles. The number of nitrogens with zero attached hydrogens (tertiary/aromatic N) is 1. The van der Waals surface area contributed by atoms with Gasteiger partial charge in [-0.3, -0.25) is 0 Å². The van der Waals surface area contributed by atoms with Crippen LogP contribution in [0, 0.1) is 0 Å². The number of sulfonamides is 1. The fraction of sp³-hybridized carbons (Fsp3) is 0.211. The Labute approximate surface area is 162 Å². The van der Waals surface area contributed by atoms with E-state index in [1.54, 1.807) is 11.3 Å². The summed E-state index contributed by atoms with van der Waals surface area (Å²) in [5, 5.41) is 3.84. The number of hydrogen-bond donors (Lipinski definition) is 1. The molecule has 3 aromatic rings. The van der Waals surface area contributed by atoms with Gasteiger partial charge in [-0.2, -0.15) is 0 Å². The zero-order chi connectivity index (χ0) is 18.6. The maximum Gasteiger partial charge on any atom is 0.208 e. The van der Waals surface area contributed by atoms with Crippen molar-refractivity contribution in [2.24, 2.45) is 0 Å². The van der Waals surface area contributed by atoms with Gasteiger partial charge in [0.25, 0.3) is 0 Å². The largest absolute Gasteiger partial charge is 0.241 e. The second-order valence-corrected chi connectivity index (χ2v) is 9.26. The van der Waals surface area contributed by atoms with Gasteiger partial charge in [-0.1, -0.05) is 48.0 Å². The molecule has 1 heterocycles. The first-order valence-electron chi connectivity index (χ1n) is 8.12. The van der Waals surface area contributed by atoms with E-state index in [1.807, 2.05) is 48.5 Å². The number of halogens is 1. The molecule has 0 aliphatic rings. The molecule has 0 fully saturated rings. The number of nitrogens with one attached hydrogen (secondary N) is 1. The summed E-state index contributed by atoms with van der Waals surface area (Å²) in [6.45, 7) is 0.401. The van der Waals surface area contributed by atoms with Crippen molar-refractivity contribution in [3.63, 3.8) is 0 Å². The Kier molecular flexibility index (Phi) is 6.09. The fourth-order valence-corrected chi connectivity index (χ4v) is 4.09. The Balaban J connectivity index is 1.63. The van der Waals surface area contributed by atoms with Crippen molar-refractivity contribution in [2.45, 2.75) is 12.8 Å². The lowest BCUT2D eigenvalue weighted by molar-refractivity contribution is 0.588. The van der Waals surface area contributed by atoms with Crippen LogP contribution in [0.15, 0.2) is 53.9 Å². The lowest BCUT2D eigenvalue weighted by atomic mass is 10.1. The highest BCUT2D eigenvalue weighted by atomic mass is 35.5. The molecule has 3 rings (SSSR count). The van der Waals surface area contributed by atoms with Gasteiger partial charge in [0.15, 0.2) is 0 Å². The molecule has 0 spiro atoms. The minimum atomic E-state index is -3.14. The van der Waals surface area contributed by atoms with Crippen LogP contribution in [0.25, 0.3) is 11.3 Å². The molecule has 2 aromatic carbocycles. The fourth-order valence-electron chi connectivity index (χ4n) is 2.57. The van der Waals surface area contributed by atoms with Gasteiger partial charge in [-0.05, 0) is 29.7 Å². The van der Waals surface area contributed by atoms with Gasteiger partial charge < -0.3 is 0 Å². The smallest absolute Gasteiger partial charge is 0.208 e. The van der Waals surface area contributed by atoms with Crippen LogP contribution >= 0.6 is 22.9 Å². The molecule has 136 valence electrons. The van der Waals surface area contributed by atoms with Gasteiger partial charge in [0.1, 0.15) is 0 Å². The maximum atomic E-state index is 11.1. The average Bonchev–Trinajstić information content (AvgIpc) is 3.03. The summed E-state index contributed by atoms with van der Waals surface area (Å²) >= 11 is 7.67. The third-order valence-corrected chi connectivity index (χ3v) is 5.64. The summed E-state index contributed by atoms with van der Waals surface area (Å²) < 4.78 is 24.7. The van der Waals surface area contributed by atoms with Crippen molar-refractivity contribution in [3.05, 3.63) is 75.1 Å². The summed E-state index contributed by atoms with van der Waals surface area (Å²) in [5.41, 5.74) is 4.23. The Hall–Kier alpha value is -1.73. The van der Waals surface area contributed by atoms with E-state index >= 15 is 0 Å². The van der Waals surface area contributed by atoms with Crippen LogP contribution in [0.2, 0.25) is 5.02 Å². The molecule has 4 nitrogen and oxygen atoms in total. The van der Waals surface area contributed by atoms with E-state index in [2.05, 4.69) is 10.1 Å². The van der Waals surface area contributed by atoms with E-state index in [4.69, 9.17) is 16.6 Å². The van der Waals surface area contributed by atoms with E-state index in [0.717, 1.165) is 38.8 Å². The normalized spacial score (nSPS) is 11.6. The Bertz CT molecular complexity index is 983. The number of aromatic nitrogens is 1. The van der Waals surface area contributed by atoms with Crippen molar-refractivity contribution in [2.75, 3.05) is 12.8 Å². The minimum Gasteiger partial charge on any atom is -0.241 e. The van der Waals surface area contributed by atoms with Crippen LogP contribution in [-0.2, 0) is 22.9 Å². The summed E-state index contributed by atoms with van der Waals surface area (Å²) in [6.07, 6.45) is 2.59. The molecule has 0 saturated heterocycles. The first kappa shape index (κ1) is 19.0. The predicted octanol–water partition coefficient (Wildman–Crippen LogP) is 4.15. The van der Waals surface area contributed by atoms with Gasteiger partial charge in [-0.25, -0.2) is 18.1 Å². The second kappa shape index (κ2) is 8.31. The molecule has 1 aromatic heterocycles. The SMILES string of the molecule is CS(=O)(=O)NCCc1ccc(-c2csc(Cc3cccc(Cl)c3)n2)cc1. The zero-order valence-electron chi connectivity index (χ0n) is 14.3. The van der Waals surface area contributed by atoms with Crippen molar-refractivity contribution in [1.29, 1.82) is 0 Å². The van der Waals surface area contributed by atoms with Crippen LogP contribution in [-0.4, -0.2) is 26.2 Å². The maximum absolute atomic E-state index is 11.1. The molecular formula is C19H19ClN2O2S2. The van der Waals surface area contributed by atoms with Crippen LogP contribution in [0.3, 0.4) is 0 Å². The number of hydrogen-bond acceptors (Lipinski definition) is 4. The van der Waals surface area contributed by atoms with E-state index in [0.29, 0.717) is 13.0 Å². The molecule has 1 N–H and O–H groups in total. The highest BCUT2D eigenvalue weighted by molar-refractivity contribution is 7.88. The van der Waals surface area contributed by atoms with Crippen LogP contribution < -0.4 is 4.72 Å². The van der Waals surface area contributed by atoms with Crippen LogP contribution in [0.4, 0.5) is 0 Å². The number of thiazole rings is 1. The molecule has 0 aliphatic heterocycles. The minimum absolute atomic E-state index is 0.401. The van der Waals surface area contributed by atoms with E-state index in [9.17, 15) is 8.42 Å². The van der Waals surface area contributed by atoms with Crippen molar-refractivity contribution in [1.82, 2.24) is 9.71 Å². The molecule has 26 heavy (non-hydrogen) atoms. The van der Waals surface area contributed by atoms with E-state index in [1.165, 1.54) is 6.26 Å². The first-order chi connectivity index (χ1) is 12.4. The molecule has 7 heteroatoms. The Morgan fingerprint density at radius 3 is 2.58 bits per heavy atom. The molecule has 0 bridgehead atoms. The lowest BCUT2D eigenvalue weighted by Crippen LogP contribution is -2.24. The molecular weight excluding hydrogens is 388 g/mol. The third kappa shape index (κ3) is 5.64. The van der Waals surface area contributed by atoms with Gasteiger partial charge in [0.2, 0.25) is 10.0 Å². The monoisotopic (exact) mass is 406 g/mol. The van der Waals surface area contributed by atoms with E-state index in [-0.39, 0.29) is 0 Å². The van der Waals surface area contributed by atoms with Crippen molar-refractivity contribution in [3.8, 4) is 11.3 Å². The second-order valence-electron chi connectivity index (χ2n) is 6.05. The van der Waals surface area contributed by atoms with Crippen molar-refractivity contribution >= 4 is 33.0 Å². The highest BCUT2D eigenvalue weighted by Gasteiger charge is 2.07. The molecule has 0 unspecified atom stereocenters. The Morgan fingerprint density at radius 1 is 1.12 bits per heavy atom. The summed E-state index contributed by atoms with van der Waals surface area (Å²) in [5.74, 6) is 0. The number of benzene rings is 2. The molecule has 0 atom stereocenters. The van der Waals surface area contributed by atoms with Crippen molar-refractivity contribution < 1.29 is 8.42 Å². The average molecular weight is 407 g/mol. The molecule has 0 aliphatic carbocycles. The summed E-state index contributed by atoms with van der Waals surface area (Å²) in [4.78, 5) is 4.71. The van der Waals surface area contributed by atoms with Gasteiger partial charge in [0.05, 0.1) is 17.0 Å². The molecule has 0 amide bonds. The zero-order valence-corrected chi connectivity index (χ0v) is 16.7. The highest BCUT2D eigenvalue weighted by Crippen LogP contribution is 2.24. The number of rotatable bonds is 7. The standard InChI is InChI=1S/C19H19ClN2O2S2/c1-26(23,24)21-10-9-14-5-7-16(8-6-14)18-13-25-19(22-18)12-15-3-2-4-17(20)11-15/h2-8,11,13,21H,9-10,12H2,1H3. The van der Waals surface area contributed by atoms with Crippen LogP contribution in [0.1, 0.15) is 16.1 Å². The lowest BCUT2D eigenvalue weighted by Gasteiger charge is -2.04. The predicted molar refractivity (Wildman–Crippen MR) is 108 cm³/mol. The summed E-state index contributed by atoms with van der Waals surface area (Å²) in [7, 11) is -3.14. The Morgan fingerprint density at radius 2 is 1.88 bits per heavy atom. The van der Waals surface area contributed by atoms with E-state index < -0.39 is 10.0 Å². The first-order valence-corrected chi connectivity index (χ1v) is 11.3. The van der Waals surface area contributed by atoms with Gasteiger partial charge >= 0.3 is 0 Å². The van der Waals surface area contributed by atoms with Gasteiger partial charge in [0, 0.05) is 28.9 Å². The molecule has 0 radical (unpaired) electrons. The quantitative estimate of drug-likeness (QED) is 0.641. The third-order valence-electron chi connectivity index (χ3n) is 3.82. The van der Waals surface area contributed by atoms with Gasteiger partial charge in [-0.15, -0.1) is 11.3 Å².